The Morgan fingerprint density at radius 1 is 1.00 bits per heavy atom. The number of carbonyl (C=O) groups excluding carboxylic acids is 1. The summed E-state index contributed by atoms with van der Waals surface area (Å²) in [5.41, 5.74) is 6.93. The molecule has 0 saturated carbocycles. The van der Waals surface area contributed by atoms with Crippen molar-refractivity contribution in [3.63, 3.8) is 0 Å². The van der Waals surface area contributed by atoms with Crippen molar-refractivity contribution >= 4 is 27.9 Å². The van der Waals surface area contributed by atoms with Gasteiger partial charge in [-0.05, 0) is 66.3 Å². The normalized spacial score (nSPS) is 19.2. The second kappa shape index (κ2) is 8.58. The maximum Gasteiger partial charge on any atom is 0.162 e. The van der Waals surface area contributed by atoms with Crippen LogP contribution < -0.4 is 10.1 Å². The number of benzene rings is 3. The van der Waals surface area contributed by atoms with E-state index in [1.165, 1.54) is 5.56 Å². The number of hydrogen-bond donors (Lipinski definition) is 2. The minimum atomic E-state index is -0.323. The number of ketones is 1. The van der Waals surface area contributed by atoms with Crippen LogP contribution in [0.5, 0.6) is 11.5 Å². The smallest absolute Gasteiger partial charge is 0.162 e. The molecule has 0 spiro atoms. The number of allylic oxidation sites excluding steroid dienone is 1. The highest BCUT2D eigenvalue weighted by Gasteiger charge is 2.38. The SMILES string of the molecule is CCOc1cc([C@H]2Nc3ccc4ncccc4c3C3=C2C(=O)C[C@H](c2ccccc2)C3)ccc1O. The number of fused-ring (bicyclic) bond motifs is 4. The maximum absolute atomic E-state index is 13.8. The number of pyridine rings is 1. The molecule has 2 aliphatic rings. The molecule has 5 nitrogen and oxygen atoms in total. The first-order valence-electron chi connectivity index (χ1n) is 12.1. The Hall–Kier alpha value is -4.12. The predicted molar refractivity (Wildman–Crippen MR) is 138 cm³/mol. The Labute approximate surface area is 204 Å². The Morgan fingerprint density at radius 3 is 2.69 bits per heavy atom. The zero-order chi connectivity index (χ0) is 23.9. The lowest BCUT2D eigenvalue weighted by Crippen LogP contribution is -2.29. The number of rotatable bonds is 4. The monoisotopic (exact) mass is 462 g/mol. The Bertz CT molecular complexity index is 1480. The fourth-order valence-corrected chi connectivity index (χ4v) is 5.52. The van der Waals surface area contributed by atoms with Gasteiger partial charge in [-0.25, -0.2) is 0 Å². The number of hydrogen-bond acceptors (Lipinski definition) is 5. The lowest BCUT2D eigenvalue weighted by Gasteiger charge is -2.37. The molecule has 1 aromatic heterocycles. The van der Waals surface area contributed by atoms with Crippen molar-refractivity contribution < 1.29 is 14.6 Å². The summed E-state index contributed by atoms with van der Waals surface area (Å²) in [6.45, 7) is 2.33. The largest absolute Gasteiger partial charge is 0.504 e. The summed E-state index contributed by atoms with van der Waals surface area (Å²) in [6, 6.07) is 23.4. The van der Waals surface area contributed by atoms with Gasteiger partial charge in [-0.2, -0.15) is 0 Å². The molecule has 2 heterocycles. The lowest BCUT2D eigenvalue weighted by atomic mass is 9.72. The van der Waals surface area contributed by atoms with E-state index in [0.29, 0.717) is 18.8 Å². The molecule has 1 aliphatic heterocycles. The van der Waals surface area contributed by atoms with Gasteiger partial charge >= 0.3 is 0 Å². The van der Waals surface area contributed by atoms with Gasteiger partial charge in [0.05, 0.1) is 18.2 Å². The summed E-state index contributed by atoms with van der Waals surface area (Å²) in [7, 11) is 0. The van der Waals surface area contributed by atoms with Gasteiger partial charge in [0, 0.05) is 34.8 Å². The van der Waals surface area contributed by atoms with Crippen LogP contribution in [0.2, 0.25) is 0 Å². The van der Waals surface area contributed by atoms with Crippen LogP contribution in [0.15, 0.2) is 84.6 Å². The van der Waals surface area contributed by atoms with Crippen LogP contribution in [0, 0.1) is 0 Å². The molecule has 5 heteroatoms. The summed E-state index contributed by atoms with van der Waals surface area (Å²) in [6.07, 6.45) is 3.05. The van der Waals surface area contributed by atoms with Crippen molar-refractivity contribution in [2.45, 2.75) is 31.7 Å². The van der Waals surface area contributed by atoms with E-state index < -0.39 is 0 Å². The van der Waals surface area contributed by atoms with Gasteiger partial charge in [0.2, 0.25) is 0 Å². The summed E-state index contributed by atoms with van der Waals surface area (Å²) < 4.78 is 5.65. The maximum atomic E-state index is 13.8. The van der Waals surface area contributed by atoms with Crippen molar-refractivity contribution in [3.05, 3.63) is 101 Å². The molecule has 0 fully saturated rings. The molecule has 0 saturated heterocycles. The number of nitrogens with zero attached hydrogens (tertiary/aromatic N) is 1. The summed E-state index contributed by atoms with van der Waals surface area (Å²) >= 11 is 0. The van der Waals surface area contributed by atoms with E-state index in [1.807, 2.05) is 49.4 Å². The fraction of sp³-hybridized carbons (Fsp3) is 0.200. The first-order valence-corrected chi connectivity index (χ1v) is 12.1. The van der Waals surface area contributed by atoms with Crippen LogP contribution in [0.1, 0.15) is 48.4 Å². The number of aromatic hydroxyl groups is 1. The molecule has 0 bridgehead atoms. The average Bonchev–Trinajstić information content (AvgIpc) is 2.89. The lowest BCUT2D eigenvalue weighted by molar-refractivity contribution is -0.116. The predicted octanol–water partition coefficient (Wildman–Crippen LogP) is 6.41. The van der Waals surface area contributed by atoms with Crippen LogP contribution >= 0.6 is 0 Å². The molecule has 1 aliphatic carbocycles. The van der Waals surface area contributed by atoms with Gasteiger partial charge in [0.1, 0.15) is 0 Å². The highest BCUT2D eigenvalue weighted by Crippen LogP contribution is 2.51. The zero-order valence-electron chi connectivity index (χ0n) is 19.5. The Kier molecular flexibility index (Phi) is 5.25. The van der Waals surface area contributed by atoms with Gasteiger partial charge in [0.25, 0.3) is 0 Å². The Morgan fingerprint density at radius 2 is 1.86 bits per heavy atom. The van der Waals surface area contributed by atoms with Crippen molar-refractivity contribution in [2.24, 2.45) is 0 Å². The standard InChI is InChI=1S/C30H26N2O3/c1-2-35-27-17-19(10-13-25(27)33)30-29-22(15-20(16-26(29)34)18-7-4-3-5-8-18)28-21-9-6-14-31-23(21)11-12-24(28)32-30/h3-14,17,20,30,32-33H,2,15-16H2,1H3/t20-,30-/m1/s1. The number of anilines is 1. The van der Waals surface area contributed by atoms with E-state index in [0.717, 1.165) is 45.3 Å². The highest BCUT2D eigenvalue weighted by atomic mass is 16.5. The van der Waals surface area contributed by atoms with Crippen LogP contribution in [0.4, 0.5) is 5.69 Å². The zero-order valence-corrected chi connectivity index (χ0v) is 19.5. The molecule has 35 heavy (non-hydrogen) atoms. The van der Waals surface area contributed by atoms with E-state index in [2.05, 4.69) is 34.6 Å². The second-order valence-electron chi connectivity index (χ2n) is 9.13. The van der Waals surface area contributed by atoms with E-state index in [1.54, 1.807) is 12.3 Å². The van der Waals surface area contributed by atoms with Crippen LogP contribution in [0.25, 0.3) is 16.5 Å². The van der Waals surface area contributed by atoms with Gasteiger partial charge in [-0.3, -0.25) is 9.78 Å². The number of nitrogens with one attached hydrogen (secondary N) is 1. The third kappa shape index (κ3) is 3.64. The molecule has 0 radical (unpaired) electrons. The van der Waals surface area contributed by atoms with Gasteiger partial charge in [-0.15, -0.1) is 0 Å². The summed E-state index contributed by atoms with van der Waals surface area (Å²) in [5.74, 6) is 0.792. The van der Waals surface area contributed by atoms with E-state index >= 15 is 0 Å². The number of aromatic nitrogens is 1. The molecule has 2 N–H and O–H groups in total. The van der Waals surface area contributed by atoms with Crippen LogP contribution in [-0.2, 0) is 4.79 Å². The molecule has 6 rings (SSSR count). The average molecular weight is 463 g/mol. The minimum absolute atomic E-state index is 0.0946. The van der Waals surface area contributed by atoms with E-state index in [4.69, 9.17) is 4.74 Å². The quantitative estimate of drug-likeness (QED) is 0.367. The van der Waals surface area contributed by atoms with Crippen LogP contribution in [0.3, 0.4) is 0 Å². The van der Waals surface area contributed by atoms with Crippen molar-refractivity contribution in [1.29, 1.82) is 0 Å². The topological polar surface area (TPSA) is 71.5 Å². The van der Waals surface area contributed by atoms with Gasteiger partial charge in [-0.1, -0.05) is 42.5 Å². The van der Waals surface area contributed by atoms with Gasteiger partial charge < -0.3 is 15.2 Å². The first-order chi connectivity index (χ1) is 17.1. The molecule has 174 valence electrons. The summed E-state index contributed by atoms with van der Waals surface area (Å²) in [4.78, 5) is 18.4. The van der Waals surface area contributed by atoms with E-state index in [-0.39, 0.29) is 23.5 Å². The number of phenols is 1. The Balaban J connectivity index is 1.56. The molecule has 0 unspecified atom stereocenters. The minimum Gasteiger partial charge on any atom is -0.504 e. The highest BCUT2D eigenvalue weighted by molar-refractivity contribution is 6.12. The molecule has 0 amide bonds. The third-order valence-corrected chi connectivity index (χ3v) is 7.07. The van der Waals surface area contributed by atoms with Crippen molar-refractivity contribution in [2.75, 3.05) is 11.9 Å². The van der Waals surface area contributed by atoms with E-state index in [9.17, 15) is 9.90 Å². The second-order valence-corrected chi connectivity index (χ2v) is 9.13. The van der Waals surface area contributed by atoms with Crippen molar-refractivity contribution in [1.82, 2.24) is 4.98 Å². The number of Topliss-reactive ketones (excluding diaryl/α,β-unsaturated/α-hetero) is 1. The number of phenolic OH excluding ortho intramolecular Hbond substituents is 1. The van der Waals surface area contributed by atoms with Crippen LogP contribution in [-0.4, -0.2) is 22.5 Å². The molecular formula is C30H26N2O3. The molecule has 3 aromatic carbocycles. The van der Waals surface area contributed by atoms with Gasteiger partial charge in [0.15, 0.2) is 17.3 Å². The first kappa shape index (κ1) is 21.4. The van der Waals surface area contributed by atoms with Crippen molar-refractivity contribution in [3.8, 4) is 11.5 Å². The molecular weight excluding hydrogens is 436 g/mol. The molecule has 2 atom stereocenters. The molecule has 4 aromatic rings. The number of carbonyl (C=O) groups is 1. The summed E-state index contributed by atoms with van der Waals surface area (Å²) in [5, 5.41) is 14.9. The third-order valence-electron chi connectivity index (χ3n) is 7.07. The fourth-order valence-electron chi connectivity index (χ4n) is 5.52. The number of ether oxygens (including phenoxy) is 1.